The second kappa shape index (κ2) is 27.2. The zero-order valence-electron chi connectivity index (χ0n) is 28.8. The minimum atomic E-state index is -0.852. The van der Waals surface area contributed by atoms with Crippen molar-refractivity contribution in [3.05, 3.63) is 12.2 Å². The second-order valence-corrected chi connectivity index (χ2v) is 11.0. The minimum absolute atomic E-state index is 0.0411. The minimum Gasteiger partial charge on any atom is -0.379 e. The molecule has 0 bridgehead atoms. The number of amides is 7. The van der Waals surface area contributed by atoms with Crippen LogP contribution in [0.25, 0.3) is 0 Å². The van der Waals surface area contributed by atoms with Crippen molar-refractivity contribution in [2.45, 2.75) is 45.2 Å². The molecule has 0 saturated carbocycles. The Morgan fingerprint density at radius 1 is 0.714 bits per heavy atom. The number of ether oxygens (including phenoxy) is 6. The monoisotopic (exact) mass is 702 g/mol. The van der Waals surface area contributed by atoms with Gasteiger partial charge in [-0.3, -0.25) is 28.9 Å². The van der Waals surface area contributed by atoms with Crippen LogP contribution in [-0.4, -0.2) is 152 Å². The molecule has 0 aromatic heterocycles. The van der Waals surface area contributed by atoms with Gasteiger partial charge in [0.1, 0.15) is 12.1 Å². The van der Waals surface area contributed by atoms with Crippen molar-refractivity contribution in [3.63, 3.8) is 0 Å². The van der Waals surface area contributed by atoms with Crippen LogP contribution in [0.5, 0.6) is 0 Å². The van der Waals surface area contributed by atoms with Crippen LogP contribution in [0.2, 0.25) is 0 Å². The lowest BCUT2D eigenvalue weighted by Gasteiger charge is -2.25. The van der Waals surface area contributed by atoms with Gasteiger partial charge in [0, 0.05) is 32.2 Å². The first-order valence-electron chi connectivity index (χ1n) is 16.4. The fourth-order valence-electron chi connectivity index (χ4n) is 4.18. The number of urea groups is 1. The van der Waals surface area contributed by atoms with Crippen LogP contribution >= 0.6 is 0 Å². The van der Waals surface area contributed by atoms with Crippen LogP contribution < -0.4 is 27.0 Å². The summed E-state index contributed by atoms with van der Waals surface area (Å²) in [5.41, 5.74) is 5.04. The van der Waals surface area contributed by atoms with Gasteiger partial charge in [-0.1, -0.05) is 13.8 Å². The lowest BCUT2D eigenvalue weighted by Crippen LogP contribution is -2.55. The lowest BCUT2D eigenvalue weighted by atomic mass is 10.0. The standard InChI is InChI=1S/C31H54N6O12/c1-23(2)28(30(42)35-24(29(41)33-3)5-4-9-34-31(32)43)36-25(38)8-11-44-13-15-46-17-19-48-21-22-49-20-18-47-16-14-45-12-10-37-26(39)6-7-27(37)40/h6-7,23-24,28H,4-5,8-22H2,1-3H3,(H,33,41)(H,35,42)(H,36,38)(H3,32,34,43)/t24-,28?/m0/s1. The fraction of sp³-hybridized carbons (Fsp3) is 0.742. The number of nitrogens with zero attached hydrogens (tertiary/aromatic N) is 1. The molecule has 1 unspecified atom stereocenters. The Bertz CT molecular complexity index is 1030. The zero-order valence-corrected chi connectivity index (χ0v) is 28.8. The molecule has 1 aliphatic rings. The van der Waals surface area contributed by atoms with E-state index in [9.17, 15) is 28.8 Å². The molecule has 6 N–H and O–H groups in total. The lowest BCUT2D eigenvalue weighted by molar-refractivity contribution is -0.137. The highest BCUT2D eigenvalue weighted by atomic mass is 16.6. The maximum Gasteiger partial charge on any atom is 0.312 e. The van der Waals surface area contributed by atoms with Gasteiger partial charge in [-0.15, -0.1) is 0 Å². The topological polar surface area (TPSA) is 235 Å². The quantitative estimate of drug-likeness (QED) is 0.0413. The number of rotatable bonds is 30. The third-order valence-corrected chi connectivity index (χ3v) is 6.81. The van der Waals surface area contributed by atoms with Gasteiger partial charge in [0.05, 0.1) is 85.8 Å². The normalized spacial score (nSPS) is 13.8. The Balaban J connectivity index is 2.00. The van der Waals surface area contributed by atoms with E-state index in [1.54, 1.807) is 13.8 Å². The Morgan fingerprint density at radius 2 is 1.18 bits per heavy atom. The molecule has 2 atom stereocenters. The Hall–Kier alpha value is -3.68. The van der Waals surface area contributed by atoms with Crippen LogP contribution in [-0.2, 0) is 52.4 Å². The molecule has 0 saturated heterocycles. The molecule has 0 aromatic rings. The summed E-state index contributed by atoms with van der Waals surface area (Å²) in [6.07, 6.45) is 3.20. The summed E-state index contributed by atoms with van der Waals surface area (Å²) < 4.78 is 32.5. The Morgan fingerprint density at radius 3 is 1.63 bits per heavy atom. The van der Waals surface area contributed by atoms with E-state index in [0.717, 1.165) is 4.90 Å². The smallest absolute Gasteiger partial charge is 0.312 e. The summed E-state index contributed by atoms with van der Waals surface area (Å²) in [6, 6.07) is -2.36. The average Bonchev–Trinajstić information content (AvgIpc) is 3.39. The summed E-state index contributed by atoms with van der Waals surface area (Å²) in [4.78, 5) is 72.4. The number of hydrogen-bond donors (Lipinski definition) is 5. The molecule has 1 aliphatic heterocycles. The molecule has 0 fully saturated rings. The van der Waals surface area contributed by atoms with E-state index in [1.807, 2.05) is 0 Å². The molecule has 1 rings (SSSR count). The number of nitrogens with two attached hydrogens (primary N) is 1. The van der Waals surface area contributed by atoms with Crippen LogP contribution in [0.4, 0.5) is 4.79 Å². The highest BCUT2D eigenvalue weighted by molar-refractivity contribution is 6.12. The van der Waals surface area contributed by atoms with E-state index < -0.39 is 24.0 Å². The number of primary amides is 1. The number of carbonyl (C=O) groups is 6. The van der Waals surface area contributed by atoms with E-state index in [2.05, 4.69) is 21.3 Å². The molecule has 280 valence electrons. The second-order valence-electron chi connectivity index (χ2n) is 11.0. The highest BCUT2D eigenvalue weighted by Gasteiger charge is 2.28. The van der Waals surface area contributed by atoms with E-state index >= 15 is 0 Å². The first-order valence-corrected chi connectivity index (χ1v) is 16.4. The van der Waals surface area contributed by atoms with Crippen molar-refractivity contribution in [2.75, 3.05) is 99.4 Å². The first kappa shape index (κ1) is 43.3. The molecule has 7 amide bonds. The van der Waals surface area contributed by atoms with Crippen LogP contribution in [0.1, 0.15) is 33.1 Å². The molecule has 18 heteroatoms. The molecule has 49 heavy (non-hydrogen) atoms. The van der Waals surface area contributed by atoms with Gasteiger partial charge in [0.15, 0.2) is 0 Å². The number of likely N-dealkylation sites (N-methyl/N-ethyl adjacent to an activating group) is 1. The van der Waals surface area contributed by atoms with Gasteiger partial charge in [0.25, 0.3) is 11.8 Å². The van der Waals surface area contributed by atoms with Crippen LogP contribution in [0.15, 0.2) is 12.2 Å². The van der Waals surface area contributed by atoms with E-state index in [4.69, 9.17) is 34.2 Å². The predicted octanol–water partition coefficient (Wildman–Crippen LogP) is -1.78. The number of nitrogens with one attached hydrogen (secondary N) is 4. The van der Waals surface area contributed by atoms with Crippen molar-refractivity contribution in [3.8, 4) is 0 Å². The SMILES string of the molecule is CNC(=O)[C@H](CCCNC(N)=O)NC(=O)C(NC(=O)CCOCCOCCOCCOCCOCCOCCN1C(=O)C=CC1=O)C(C)C. The molecule has 18 nitrogen and oxygen atoms in total. The molecular formula is C31H54N6O12. The van der Waals surface area contributed by atoms with Crippen molar-refractivity contribution in [1.29, 1.82) is 0 Å². The molecule has 0 aliphatic carbocycles. The summed E-state index contributed by atoms with van der Waals surface area (Å²) in [7, 11) is 1.46. The number of carbonyl (C=O) groups excluding carboxylic acids is 6. The zero-order chi connectivity index (χ0) is 36.3. The Kier molecular flexibility index (Phi) is 24.0. The molecule has 0 aromatic carbocycles. The van der Waals surface area contributed by atoms with E-state index in [1.165, 1.54) is 19.2 Å². The maximum absolute atomic E-state index is 12.9. The largest absolute Gasteiger partial charge is 0.379 e. The van der Waals surface area contributed by atoms with E-state index in [0.29, 0.717) is 65.9 Å². The number of hydrogen-bond acceptors (Lipinski definition) is 12. The number of imide groups is 1. The molecule has 0 spiro atoms. The van der Waals surface area contributed by atoms with Gasteiger partial charge in [-0.05, 0) is 18.8 Å². The van der Waals surface area contributed by atoms with Crippen molar-refractivity contribution < 1.29 is 57.2 Å². The van der Waals surface area contributed by atoms with E-state index in [-0.39, 0.29) is 75.3 Å². The van der Waals surface area contributed by atoms with Gasteiger partial charge < -0.3 is 55.4 Å². The van der Waals surface area contributed by atoms with Crippen molar-refractivity contribution >= 4 is 35.6 Å². The van der Waals surface area contributed by atoms with Gasteiger partial charge in [-0.25, -0.2) is 4.79 Å². The Labute approximate surface area is 287 Å². The molecule has 0 radical (unpaired) electrons. The van der Waals surface area contributed by atoms with Gasteiger partial charge >= 0.3 is 6.03 Å². The summed E-state index contributed by atoms with van der Waals surface area (Å²) in [6.45, 7) is 8.10. The van der Waals surface area contributed by atoms with Gasteiger partial charge in [-0.2, -0.15) is 0 Å². The third-order valence-electron chi connectivity index (χ3n) is 6.81. The highest BCUT2D eigenvalue weighted by Crippen LogP contribution is 2.06. The van der Waals surface area contributed by atoms with Crippen LogP contribution in [0, 0.1) is 5.92 Å². The molecular weight excluding hydrogens is 648 g/mol. The maximum atomic E-state index is 12.9. The fourth-order valence-corrected chi connectivity index (χ4v) is 4.18. The first-order chi connectivity index (χ1) is 23.6. The van der Waals surface area contributed by atoms with Crippen molar-refractivity contribution in [2.24, 2.45) is 11.7 Å². The summed E-state index contributed by atoms with van der Waals surface area (Å²) in [5.74, 6) is -2.14. The molecule has 1 heterocycles. The third kappa shape index (κ3) is 21.1. The summed E-state index contributed by atoms with van der Waals surface area (Å²) in [5, 5.41) is 10.3. The van der Waals surface area contributed by atoms with Gasteiger partial charge in [0.2, 0.25) is 17.7 Å². The van der Waals surface area contributed by atoms with Crippen LogP contribution in [0.3, 0.4) is 0 Å². The predicted molar refractivity (Wildman–Crippen MR) is 175 cm³/mol. The van der Waals surface area contributed by atoms with Crippen molar-refractivity contribution in [1.82, 2.24) is 26.2 Å². The summed E-state index contributed by atoms with van der Waals surface area (Å²) >= 11 is 0. The average molecular weight is 703 g/mol.